The van der Waals surface area contributed by atoms with E-state index in [1.807, 2.05) is 17.8 Å². The summed E-state index contributed by atoms with van der Waals surface area (Å²) in [5, 5.41) is 4.64. The molecule has 0 aliphatic carbocycles. The Labute approximate surface area is 181 Å². The lowest BCUT2D eigenvalue weighted by molar-refractivity contribution is -0.0352. The van der Waals surface area contributed by atoms with E-state index in [-0.39, 0.29) is 6.10 Å². The molecule has 2 aromatic carbocycles. The Morgan fingerprint density at radius 2 is 1.97 bits per heavy atom. The van der Waals surface area contributed by atoms with Crippen LogP contribution in [0.5, 0.6) is 5.75 Å². The second-order valence-electron chi connectivity index (χ2n) is 7.88. The fourth-order valence-electron chi connectivity index (χ4n) is 3.82. The Balaban J connectivity index is 1.35. The van der Waals surface area contributed by atoms with Gasteiger partial charge in [0.15, 0.2) is 11.6 Å². The third kappa shape index (κ3) is 5.29. The van der Waals surface area contributed by atoms with Crippen LogP contribution in [-0.2, 0) is 24.8 Å². The number of aromatic nitrogens is 2. The van der Waals surface area contributed by atoms with E-state index in [4.69, 9.17) is 9.47 Å². The minimum atomic E-state index is -0.912. The molecule has 0 spiro atoms. The fraction of sp³-hybridized carbons (Fsp3) is 0.375. The molecule has 1 aromatic heterocycles. The molecular formula is C24H27F2N3O2. The summed E-state index contributed by atoms with van der Waals surface area (Å²) in [5.74, 6) is -1.48. The van der Waals surface area contributed by atoms with Gasteiger partial charge in [0.2, 0.25) is 0 Å². The molecule has 0 radical (unpaired) electrons. The number of aryl methyl sites for hydroxylation is 2. The molecule has 1 aliphatic heterocycles. The predicted molar refractivity (Wildman–Crippen MR) is 114 cm³/mol. The highest BCUT2D eigenvalue weighted by Gasteiger charge is 2.25. The number of nitrogens with zero attached hydrogens (tertiary/aromatic N) is 3. The van der Waals surface area contributed by atoms with Crippen molar-refractivity contribution >= 4 is 0 Å². The molecule has 1 aliphatic rings. The van der Waals surface area contributed by atoms with E-state index in [2.05, 4.69) is 41.2 Å². The quantitative estimate of drug-likeness (QED) is 0.567. The molecule has 0 N–H and O–H groups in total. The highest BCUT2D eigenvalue weighted by molar-refractivity contribution is 5.26. The zero-order valence-corrected chi connectivity index (χ0v) is 17.9. The van der Waals surface area contributed by atoms with Gasteiger partial charge in [0, 0.05) is 44.9 Å². The molecule has 1 saturated heterocycles. The predicted octanol–water partition coefficient (Wildman–Crippen LogP) is 4.20. The molecule has 1 atom stereocenters. The van der Waals surface area contributed by atoms with Gasteiger partial charge >= 0.3 is 0 Å². The number of morpholine rings is 1. The van der Waals surface area contributed by atoms with E-state index in [1.165, 1.54) is 17.2 Å². The number of hydrogen-bond donors (Lipinski definition) is 0. The largest absolute Gasteiger partial charge is 0.493 e. The van der Waals surface area contributed by atoms with Crippen molar-refractivity contribution in [1.29, 1.82) is 0 Å². The van der Waals surface area contributed by atoms with Gasteiger partial charge in [-0.15, -0.1) is 0 Å². The number of rotatable bonds is 7. The summed E-state index contributed by atoms with van der Waals surface area (Å²) in [5.41, 5.74) is 4.53. The first-order chi connectivity index (χ1) is 15.0. The average molecular weight is 427 g/mol. The molecule has 3 aromatic rings. The van der Waals surface area contributed by atoms with Crippen LogP contribution in [0.15, 0.2) is 48.5 Å². The summed E-state index contributed by atoms with van der Waals surface area (Å²) >= 11 is 0. The van der Waals surface area contributed by atoms with Crippen LogP contribution in [0.2, 0.25) is 0 Å². The summed E-state index contributed by atoms with van der Waals surface area (Å²) in [6.45, 7) is 5.73. The Morgan fingerprint density at radius 3 is 2.77 bits per heavy atom. The third-order valence-electron chi connectivity index (χ3n) is 5.65. The minimum Gasteiger partial charge on any atom is -0.493 e. The molecule has 4 rings (SSSR count). The van der Waals surface area contributed by atoms with Gasteiger partial charge in [-0.3, -0.25) is 9.58 Å². The maximum Gasteiger partial charge on any atom is 0.162 e. The molecule has 0 saturated carbocycles. The molecule has 1 fully saturated rings. The van der Waals surface area contributed by atoms with E-state index >= 15 is 0 Å². The number of hydrogen-bond acceptors (Lipinski definition) is 4. The molecule has 5 nitrogen and oxygen atoms in total. The normalized spacial score (nSPS) is 17.1. The zero-order chi connectivity index (χ0) is 21.8. The summed E-state index contributed by atoms with van der Waals surface area (Å²) in [7, 11) is 1.89. The van der Waals surface area contributed by atoms with Crippen LogP contribution in [0.3, 0.4) is 0 Å². The first kappa shape index (κ1) is 21.5. The number of halogens is 2. The maximum absolute atomic E-state index is 13.3. The van der Waals surface area contributed by atoms with E-state index in [1.54, 1.807) is 0 Å². The van der Waals surface area contributed by atoms with Crippen LogP contribution >= 0.6 is 0 Å². The molecule has 31 heavy (non-hydrogen) atoms. The van der Waals surface area contributed by atoms with Crippen LogP contribution in [0.4, 0.5) is 8.78 Å². The molecule has 164 valence electrons. The lowest BCUT2D eigenvalue weighted by Gasteiger charge is -2.32. The van der Waals surface area contributed by atoms with Gasteiger partial charge in [-0.25, -0.2) is 8.78 Å². The Morgan fingerprint density at radius 1 is 1.13 bits per heavy atom. The van der Waals surface area contributed by atoms with E-state index in [0.29, 0.717) is 25.4 Å². The molecule has 0 bridgehead atoms. The third-order valence-corrected chi connectivity index (χ3v) is 5.65. The fourth-order valence-corrected chi connectivity index (χ4v) is 3.82. The Bertz CT molecular complexity index is 1040. The van der Waals surface area contributed by atoms with E-state index in [9.17, 15) is 8.78 Å². The van der Waals surface area contributed by atoms with Gasteiger partial charge in [-0.1, -0.05) is 24.3 Å². The van der Waals surface area contributed by atoms with Crippen molar-refractivity contribution in [2.24, 2.45) is 7.05 Å². The summed E-state index contributed by atoms with van der Waals surface area (Å²) in [4.78, 5) is 2.40. The Kier molecular flexibility index (Phi) is 6.63. The maximum atomic E-state index is 13.3. The van der Waals surface area contributed by atoms with Crippen LogP contribution in [0, 0.1) is 18.6 Å². The van der Waals surface area contributed by atoms with Crippen molar-refractivity contribution in [2.75, 3.05) is 26.3 Å². The van der Waals surface area contributed by atoms with Gasteiger partial charge in [0.1, 0.15) is 11.9 Å². The van der Waals surface area contributed by atoms with Crippen LogP contribution < -0.4 is 4.74 Å². The first-order valence-corrected chi connectivity index (χ1v) is 10.5. The second-order valence-corrected chi connectivity index (χ2v) is 7.88. The minimum absolute atomic E-state index is 0.0789. The van der Waals surface area contributed by atoms with Gasteiger partial charge < -0.3 is 9.47 Å². The van der Waals surface area contributed by atoms with Crippen molar-refractivity contribution in [3.63, 3.8) is 0 Å². The van der Waals surface area contributed by atoms with Crippen LogP contribution in [-0.4, -0.2) is 41.0 Å². The van der Waals surface area contributed by atoms with Gasteiger partial charge in [0.25, 0.3) is 0 Å². The monoisotopic (exact) mass is 427 g/mol. The lowest BCUT2D eigenvalue weighted by Crippen LogP contribution is -2.38. The van der Waals surface area contributed by atoms with Gasteiger partial charge in [-0.05, 0) is 36.2 Å². The summed E-state index contributed by atoms with van der Waals surface area (Å²) in [6.07, 6.45) is 0.520. The van der Waals surface area contributed by atoms with Crippen molar-refractivity contribution in [3.8, 4) is 5.75 Å². The van der Waals surface area contributed by atoms with Gasteiger partial charge in [-0.2, -0.15) is 5.10 Å². The lowest BCUT2D eigenvalue weighted by atomic mass is 10.1. The van der Waals surface area contributed by atoms with Gasteiger partial charge in [0.05, 0.1) is 18.9 Å². The molecular weight excluding hydrogens is 400 g/mol. The first-order valence-electron chi connectivity index (χ1n) is 10.5. The SMILES string of the molecule is Cc1ccccc1CN1CCOC(c2cc(CCOc3ccc(F)c(F)c3)n(C)n2)C1. The Hall–Kier alpha value is -2.77. The number of benzene rings is 2. The van der Waals surface area contributed by atoms with Crippen LogP contribution in [0.1, 0.15) is 28.6 Å². The molecule has 7 heteroatoms. The van der Waals surface area contributed by atoms with Crippen molar-refractivity contribution < 1.29 is 18.3 Å². The molecule has 1 unspecified atom stereocenters. The summed E-state index contributed by atoms with van der Waals surface area (Å²) < 4.78 is 39.7. The van der Waals surface area contributed by atoms with Crippen molar-refractivity contribution in [2.45, 2.75) is 26.0 Å². The topological polar surface area (TPSA) is 39.5 Å². The highest BCUT2D eigenvalue weighted by atomic mass is 19.2. The molecule has 2 heterocycles. The van der Waals surface area contributed by atoms with Crippen molar-refractivity contribution in [1.82, 2.24) is 14.7 Å². The van der Waals surface area contributed by atoms with Crippen LogP contribution in [0.25, 0.3) is 0 Å². The standard InChI is InChI=1S/C24H27F2N3O2/c1-17-5-3-4-6-18(17)15-29-10-12-31-24(16-29)23-13-19(28(2)27-23)9-11-30-20-7-8-21(25)22(26)14-20/h3-8,13-14,24H,9-12,15-16H2,1-2H3. The van der Waals surface area contributed by atoms with E-state index < -0.39 is 11.6 Å². The zero-order valence-electron chi connectivity index (χ0n) is 17.9. The summed E-state index contributed by atoms with van der Waals surface area (Å²) in [6, 6.07) is 14.0. The smallest absolute Gasteiger partial charge is 0.162 e. The second kappa shape index (κ2) is 9.58. The van der Waals surface area contributed by atoms with E-state index in [0.717, 1.165) is 43.2 Å². The number of ether oxygens (including phenoxy) is 2. The average Bonchev–Trinajstić information content (AvgIpc) is 3.13. The van der Waals surface area contributed by atoms with Crippen molar-refractivity contribution in [3.05, 3.63) is 82.7 Å². The highest BCUT2D eigenvalue weighted by Crippen LogP contribution is 2.24. The molecule has 0 amide bonds.